The van der Waals surface area contributed by atoms with Crippen LogP contribution in [0.15, 0.2) is 6.20 Å². The van der Waals surface area contributed by atoms with Crippen molar-refractivity contribution in [2.45, 2.75) is 38.3 Å². The molecule has 0 aromatic carbocycles. The van der Waals surface area contributed by atoms with Crippen LogP contribution >= 0.6 is 11.7 Å². The molecule has 2 N–H and O–H groups in total. The highest BCUT2D eigenvalue weighted by molar-refractivity contribution is 6.99. The van der Waals surface area contributed by atoms with Gasteiger partial charge < -0.3 is 20.1 Å². The molecule has 21 heavy (non-hydrogen) atoms. The molecule has 1 aromatic rings. The lowest BCUT2D eigenvalue weighted by Crippen LogP contribution is -2.48. The van der Waals surface area contributed by atoms with Gasteiger partial charge in [-0.2, -0.15) is 4.37 Å². The molecule has 1 saturated heterocycles. The van der Waals surface area contributed by atoms with Gasteiger partial charge in [0.2, 0.25) is 11.8 Å². The minimum atomic E-state index is -0.691. The summed E-state index contributed by atoms with van der Waals surface area (Å²) in [5.41, 5.74) is 0. The van der Waals surface area contributed by atoms with Crippen molar-refractivity contribution in [2.75, 3.05) is 26.2 Å². The number of aliphatic hydroxyl groups excluding tert-OH is 1. The average Bonchev–Trinajstić information content (AvgIpc) is 3.04. The van der Waals surface area contributed by atoms with Crippen LogP contribution in [0.25, 0.3) is 0 Å². The number of nitrogens with one attached hydrogen (secondary N) is 1. The number of aliphatic hydroxyl groups is 1. The van der Waals surface area contributed by atoms with Gasteiger partial charge in [-0.3, -0.25) is 4.79 Å². The Balaban J connectivity index is 1.65. The van der Waals surface area contributed by atoms with Crippen molar-refractivity contribution in [3.05, 3.63) is 6.20 Å². The molecule has 0 bridgehead atoms. The summed E-state index contributed by atoms with van der Waals surface area (Å²) in [6.45, 7) is 3.94. The Morgan fingerprint density at radius 1 is 1.52 bits per heavy atom. The molecule has 1 aliphatic rings. The van der Waals surface area contributed by atoms with Crippen molar-refractivity contribution in [2.24, 2.45) is 0 Å². The number of ether oxygens (including phenoxy) is 1. The number of rotatable bonds is 7. The molecule has 0 aliphatic carbocycles. The van der Waals surface area contributed by atoms with Crippen LogP contribution in [0, 0.1) is 0 Å². The Kier molecular flexibility index (Phi) is 6.34. The van der Waals surface area contributed by atoms with Crippen LogP contribution in [0.5, 0.6) is 5.88 Å². The Hall–Kier alpha value is -1.25. The quantitative estimate of drug-likeness (QED) is 0.751. The molecule has 8 heteroatoms. The van der Waals surface area contributed by atoms with E-state index in [0.29, 0.717) is 12.4 Å². The molecule has 7 nitrogen and oxygen atoms in total. The molecular formula is C13H22N4O3S. The van der Waals surface area contributed by atoms with E-state index in [9.17, 15) is 9.90 Å². The first-order valence-electron chi connectivity index (χ1n) is 7.27. The zero-order chi connectivity index (χ0) is 15.1. The lowest BCUT2D eigenvalue weighted by molar-refractivity contribution is -0.134. The van der Waals surface area contributed by atoms with Crippen LogP contribution in [0.1, 0.15) is 26.2 Å². The van der Waals surface area contributed by atoms with Gasteiger partial charge in [0.25, 0.3) is 0 Å². The maximum Gasteiger partial charge on any atom is 0.245 e. The van der Waals surface area contributed by atoms with E-state index in [1.165, 1.54) is 12.6 Å². The molecular weight excluding hydrogens is 292 g/mol. The van der Waals surface area contributed by atoms with E-state index in [1.54, 1.807) is 0 Å². The summed E-state index contributed by atoms with van der Waals surface area (Å²) in [5.74, 6) is 0.517. The average molecular weight is 314 g/mol. The predicted octanol–water partition coefficient (Wildman–Crippen LogP) is 0.268. The highest BCUT2D eigenvalue weighted by Gasteiger charge is 2.22. The SMILES string of the molecule is CC(NCC(O)COc1cnsn1)C(=O)N1CCCCC1. The molecule has 0 spiro atoms. The van der Waals surface area contributed by atoms with Gasteiger partial charge in [-0.25, -0.2) is 0 Å². The van der Waals surface area contributed by atoms with Crippen LogP contribution in [0.2, 0.25) is 0 Å². The number of amides is 1. The third kappa shape index (κ3) is 5.22. The number of aromatic nitrogens is 2. The van der Waals surface area contributed by atoms with Crippen molar-refractivity contribution >= 4 is 17.6 Å². The van der Waals surface area contributed by atoms with Crippen LogP contribution in [-0.2, 0) is 4.79 Å². The predicted molar refractivity (Wildman–Crippen MR) is 79.3 cm³/mol. The molecule has 0 saturated carbocycles. The first-order valence-corrected chi connectivity index (χ1v) is 8.00. The van der Waals surface area contributed by atoms with Crippen LogP contribution in [0.3, 0.4) is 0 Å². The molecule has 2 unspecified atom stereocenters. The van der Waals surface area contributed by atoms with E-state index in [4.69, 9.17) is 4.74 Å². The first kappa shape index (κ1) is 16.1. The van der Waals surface area contributed by atoms with E-state index >= 15 is 0 Å². The Bertz CT molecular complexity index is 423. The molecule has 1 aliphatic heterocycles. The van der Waals surface area contributed by atoms with Gasteiger partial charge in [0.15, 0.2) is 0 Å². The zero-order valence-electron chi connectivity index (χ0n) is 12.2. The van der Waals surface area contributed by atoms with E-state index in [0.717, 1.165) is 37.7 Å². The van der Waals surface area contributed by atoms with Crippen LogP contribution in [-0.4, -0.2) is 63.0 Å². The number of nitrogens with zero attached hydrogens (tertiary/aromatic N) is 3. The summed E-state index contributed by atoms with van der Waals surface area (Å²) in [6, 6.07) is -0.293. The third-order valence-electron chi connectivity index (χ3n) is 3.46. The van der Waals surface area contributed by atoms with E-state index in [-0.39, 0.29) is 18.6 Å². The van der Waals surface area contributed by atoms with Gasteiger partial charge in [-0.05, 0) is 26.2 Å². The van der Waals surface area contributed by atoms with Gasteiger partial charge >= 0.3 is 0 Å². The summed E-state index contributed by atoms with van der Waals surface area (Å²) in [4.78, 5) is 14.1. The van der Waals surface area contributed by atoms with Gasteiger partial charge in [0, 0.05) is 19.6 Å². The number of hydrogen-bond acceptors (Lipinski definition) is 7. The minimum absolute atomic E-state index is 0.103. The van der Waals surface area contributed by atoms with Gasteiger partial charge in [-0.1, -0.05) is 0 Å². The number of carbonyl (C=O) groups excluding carboxylic acids is 1. The fourth-order valence-electron chi connectivity index (χ4n) is 2.25. The molecule has 1 aromatic heterocycles. The topological polar surface area (TPSA) is 87.6 Å². The lowest BCUT2D eigenvalue weighted by Gasteiger charge is -2.29. The third-order valence-corrected chi connectivity index (χ3v) is 3.92. The van der Waals surface area contributed by atoms with Crippen molar-refractivity contribution in [3.8, 4) is 5.88 Å². The Morgan fingerprint density at radius 3 is 2.95 bits per heavy atom. The fraction of sp³-hybridized carbons (Fsp3) is 0.769. The number of hydrogen-bond donors (Lipinski definition) is 2. The van der Waals surface area contributed by atoms with E-state index in [2.05, 4.69) is 14.1 Å². The molecule has 1 fully saturated rings. The zero-order valence-corrected chi connectivity index (χ0v) is 13.0. The fourth-order valence-corrected chi connectivity index (χ4v) is 2.61. The Labute approximate surface area is 128 Å². The highest BCUT2D eigenvalue weighted by atomic mass is 32.1. The molecule has 0 radical (unpaired) electrons. The van der Waals surface area contributed by atoms with Crippen molar-refractivity contribution < 1.29 is 14.6 Å². The highest BCUT2D eigenvalue weighted by Crippen LogP contribution is 2.10. The van der Waals surface area contributed by atoms with Gasteiger partial charge in [-0.15, -0.1) is 4.37 Å². The van der Waals surface area contributed by atoms with Crippen molar-refractivity contribution in [3.63, 3.8) is 0 Å². The van der Waals surface area contributed by atoms with Crippen molar-refractivity contribution in [1.29, 1.82) is 0 Å². The maximum absolute atomic E-state index is 12.2. The van der Waals surface area contributed by atoms with E-state index in [1.807, 2.05) is 11.8 Å². The summed E-state index contributed by atoms with van der Waals surface area (Å²) in [5, 5.41) is 12.9. The lowest BCUT2D eigenvalue weighted by atomic mass is 10.1. The molecule has 2 atom stereocenters. The van der Waals surface area contributed by atoms with Crippen LogP contribution in [0.4, 0.5) is 0 Å². The summed E-state index contributed by atoms with van der Waals surface area (Å²) in [7, 11) is 0. The minimum Gasteiger partial charge on any atom is -0.473 e. The summed E-state index contributed by atoms with van der Waals surface area (Å²) >= 11 is 1.06. The summed E-state index contributed by atoms with van der Waals surface area (Å²) in [6.07, 6.45) is 4.18. The summed E-state index contributed by atoms with van der Waals surface area (Å²) < 4.78 is 13.0. The van der Waals surface area contributed by atoms with Gasteiger partial charge in [0.05, 0.1) is 17.8 Å². The second kappa shape index (κ2) is 8.26. The first-order chi connectivity index (χ1) is 10.2. The number of carbonyl (C=O) groups is 1. The van der Waals surface area contributed by atoms with Crippen molar-refractivity contribution in [1.82, 2.24) is 19.0 Å². The largest absolute Gasteiger partial charge is 0.473 e. The number of piperidine rings is 1. The normalized spacial score (nSPS) is 18.3. The second-order valence-corrected chi connectivity index (χ2v) is 5.78. The number of likely N-dealkylation sites (tertiary alicyclic amines) is 1. The standard InChI is InChI=1S/C13H22N4O3S/c1-10(13(19)17-5-3-2-4-6-17)14-7-11(18)9-20-12-8-15-21-16-12/h8,10-11,14,18H,2-7,9H2,1H3. The Morgan fingerprint density at radius 2 is 2.29 bits per heavy atom. The molecule has 2 heterocycles. The molecule has 118 valence electrons. The van der Waals surface area contributed by atoms with Crippen LogP contribution < -0.4 is 10.1 Å². The molecule has 1 amide bonds. The van der Waals surface area contributed by atoms with E-state index < -0.39 is 6.10 Å². The second-order valence-electron chi connectivity index (χ2n) is 5.23. The van der Waals surface area contributed by atoms with Gasteiger partial charge in [0.1, 0.15) is 18.9 Å². The molecule has 2 rings (SSSR count). The monoisotopic (exact) mass is 314 g/mol. The maximum atomic E-state index is 12.2. The smallest absolute Gasteiger partial charge is 0.245 e.